The Morgan fingerprint density at radius 3 is 2.35 bits per heavy atom. The first-order valence-electron chi connectivity index (χ1n) is 6.92. The minimum atomic E-state index is -0.119. The lowest BCUT2D eigenvalue weighted by molar-refractivity contribution is -0.126. The van der Waals surface area contributed by atoms with E-state index >= 15 is 0 Å². The van der Waals surface area contributed by atoms with Crippen LogP contribution in [-0.4, -0.2) is 43.0 Å². The molecule has 2 aliphatic rings. The molecule has 1 aliphatic heterocycles. The second-order valence-corrected chi connectivity index (χ2v) is 5.65. The summed E-state index contributed by atoms with van der Waals surface area (Å²) < 4.78 is 0. The maximum absolute atomic E-state index is 11.7. The van der Waals surface area contributed by atoms with Gasteiger partial charge >= 0.3 is 0 Å². The first-order valence-corrected chi connectivity index (χ1v) is 6.92. The van der Waals surface area contributed by atoms with Gasteiger partial charge in [-0.15, -0.1) is 0 Å². The van der Waals surface area contributed by atoms with Crippen LogP contribution in [0, 0.1) is 11.8 Å². The summed E-state index contributed by atoms with van der Waals surface area (Å²) in [4.78, 5) is 14.0. The Hall–Kier alpha value is -0.610. The lowest BCUT2D eigenvalue weighted by Crippen LogP contribution is -2.56. The molecule has 0 aromatic carbocycles. The zero-order valence-corrected chi connectivity index (χ0v) is 10.8. The van der Waals surface area contributed by atoms with Crippen LogP contribution in [0.15, 0.2) is 0 Å². The summed E-state index contributed by atoms with van der Waals surface area (Å²) in [5, 5.41) is 3.32. The molecule has 0 bridgehead atoms. The fraction of sp³-hybridized carbons (Fsp3) is 0.923. The Bertz CT molecular complexity index is 255. The van der Waals surface area contributed by atoms with Gasteiger partial charge in [-0.3, -0.25) is 9.69 Å². The quantitative estimate of drug-likeness (QED) is 0.757. The van der Waals surface area contributed by atoms with Crippen molar-refractivity contribution in [2.45, 2.75) is 38.6 Å². The van der Waals surface area contributed by atoms with Crippen molar-refractivity contribution in [2.75, 3.05) is 26.2 Å². The first-order chi connectivity index (χ1) is 8.18. The zero-order chi connectivity index (χ0) is 12.3. The minimum absolute atomic E-state index is 0.0235. The predicted octanol–water partition coefficient (Wildman–Crippen LogP) is 0.572. The Kier molecular flexibility index (Phi) is 4.40. The van der Waals surface area contributed by atoms with Crippen LogP contribution in [-0.2, 0) is 4.79 Å². The molecule has 2 rings (SSSR count). The van der Waals surface area contributed by atoms with Gasteiger partial charge in [0.15, 0.2) is 0 Å². The highest BCUT2D eigenvalue weighted by Gasteiger charge is 2.34. The third-order valence-electron chi connectivity index (χ3n) is 4.34. The van der Waals surface area contributed by atoms with Crippen LogP contribution in [0.4, 0.5) is 0 Å². The van der Waals surface area contributed by atoms with E-state index in [-0.39, 0.29) is 11.9 Å². The molecule has 98 valence electrons. The van der Waals surface area contributed by atoms with Gasteiger partial charge in [0.05, 0.1) is 6.04 Å². The van der Waals surface area contributed by atoms with Gasteiger partial charge in [-0.2, -0.15) is 0 Å². The van der Waals surface area contributed by atoms with E-state index < -0.39 is 0 Å². The molecule has 1 amide bonds. The number of piperazine rings is 1. The molecule has 0 radical (unpaired) electrons. The standard InChI is InChI=1S/C13H25N3O/c1-10-2-4-11(5-3-10)12(13(14)17)16-8-6-15-7-9-16/h10-12,15H,2-9H2,1H3,(H2,14,17). The van der Waals surface area contributed by atoms with Gasteiger partial charge in [-0.25, -0.2) is 0 Å². The van der Waals surface area contributed by atoms with Crippen LogP contribution >= 0.6 is 0 Å². The summed E-state index contributed by atoms with van der Waals surface area (Å²) in [5.41, 5.74) is 5.63. The molecule has 1 saturated carbocycles. The number of rotatable bonds is 3. The highest BCUT2D eigenvalue weighted by molar-refractivity contribution is 5.80. The highest BCUT2D eigenvalue weighted by atomic mass is 16.1. The largest absolute Gasteiger partial charge is 0.368 e. The van der Waals surface area contributed by atoms with Crippen LogP contribution in [0.5, 0.6) is 0 Å². The second-order valence-electron chi connectivity index (χ2n) is 5.65. The smallest absolute Gasteiger partial charge is 0.235 e. The van der Waals surface area contributed by atoms with Gasteiger partial charge in [0.1, 0.15) is 0 Å². The number of nitrogens with two attached hydrogens (primary N) is 1. The molecule has 2 fully saturated rings. The monoisotopic (exact) mass is 239 g/mol. The molecule has 4 nitrogen and oxygen atoms in total. The molecular weight excluding hydrogens is 214 g/mol. The van der Waals surface area contributed by atoms with Crippen LogP contribution < -0.4 is 11.1 Å². The lowest BCUT2D eigenvalue weighted by atomic mass is 9.78. The van der Waals surface area contributed by atoms with Gasteiger partial charge in [-0.1, -0.05) is 19.8 Å². The number of hydrogen-bond donors (Lipinski definition) is 2. The summed E-state index contributed by atoms with van der Waals surface area (Å²) >= 11 is 0. The lowest BCUT2D eigenvalue weighted by Gasteiger charge is -2.39. The van der Waals surface area contributed by atoms with Crippen LogP contribution in [0.1, 0.15) is 32.6 Å². The van der Waals surface area contributed by atoms with E-state index in [2.05, 4.69) is 17.1 Å². The molecule has 4 heteroatoms. The fourth-order valence-corrected chi connectivity index (χ4v) is 3.27. The zero-order valence-electron chi connectivity index (χ0n) is 10.8. The number of amides is 1. The van der Waals surface area contributed by atoms with Crippen molar-refractivity contribution in [1.82, 2.24) is 10.2 Å². The van der Waals surface area contributed by atoms with Crippen molar-refractivity contribution in [3.63, 3.8) is 0 Å². The Morgan fingerprint density at radius 2 is 1.82 bits per heavy atom. The third kappa shape index (κ3) is 3.19. The molecule has 1 heterocycles. The van der Waals surface area contributed by atoms with E-state index in [0.717, 1.165) is 32.1 Å². The van der Waals surface area contributed by atoms with Gasteiger partial charge in [-0.05, 0) is 24.7 Å². The Balaban J connectivity index is 1.98. The van der Waals surface area contributed by atoms with Crippen molar-refractivity contribution in [3.8, 4) is 0 Å². The molecule has 0 spiro atoms. The molecule has 1 unspecified atom stereocenters. The molecule has 17 heavy (non-hydrogen) atoms. The Labute approximate surface area is 104 Å². The van der Waals surface area contributed by atoms with Gasteiger partial charge in [0.2, 0.25) is 5.91 Å². The summed E-state index contributed by atoms with van der Waals surface area (Å²) in [7, 11) is 0. The second kappa shape index (κ2) is 5.83. The number of hydrogen-bond acceptors (Lipinski definition) is 3. The number of primary amides is 1. The summed E-state index contributed by atoms with van der Waals surface area (Å²) in [6.45, 7) is 6.18. The average molecular weight is 239 g/mol. The summed E-state index contributed by atoms with van der Waals surface area (Å²) in [5.74, 6) is 1.19. The van der Waals surface area contributed by atoms with E-state index in [1.54, 1.807) is 0 Å². The van der Waals surface area contributed by atoms with Gasteiger partial charge in [0, 0.05) is 26.2 Å². The predicted molar refractivity (Wildman–Crippen MR) is 68.5 cm³/mol. The van der Waals surface area contributed by atoms with E-state index in [1.165, 1.54) is 25.7 Å². The molecule has 3 N–H and O–H groups in total. The fourth-order valence-electron chi connectivity index (χ4n) is 3.27. The third-order valence-corrected chi connectivity index (χ3v) is 4.34. The van der Waals surface area contributed by atoms with E-state index in [1.807, 2.05) is 0 Å². The molecule has 1 saturated heterocycles. The van der Waals surface area contributed by atoms with Crippen LogP contribution in [0.3, 0.4) is 0 Å². The molecule has 0 aromatic heterocycles. The van der Waals surface area contributed by atoms with Crippen LogP contribution in [0.25, 0.3) is 0 Å². The van der Waals surface area contributed by atoms with Crippen molar-refractivity contribution in [3.05, 3.63) is 0 Å². The maximum Gasteiger partial charge on any atom is 0.235 e. The first kappa shape index (κ1) is 12.8. The van der Waals surface area contributed by atoms with Crippen molar-refractivity contribution in [2.24, 2.45) is 17.6 Å². The van der Waals surface area contributed by atoms with E-state index in [9.17, 15) is 4.79 Å². The van der Waals surface area contributed by atoms with Crippen molar-refractivity contribution in [1.29, 1.82) is 0 Å². The minimum Gasteiger partial charge on any atom is -0.368 e. The van der Waals surface area contributed by atoms with E-state index in [0.29, 0.717) is 5.92 Å². The molecular formula is C13H25N3O. The topological polar surface area (TPSA) is 58.4 Å². The average Bonchev–Trinajstić information content (AvgIpc) is 2.33. The molecule has 1 aliphatic carbocycles. The summed E-state index contributed by atoms with van der Waals surface area (Å²) in [6.07, 6.45) is 4.83. The van der Waals surface area contributed by atoms with Crippen molar-refractivity contribution >= 4 is 5.91 Å². The normalized spacial score (nSPS) is 33.2. The van der Waals surface area contributed by atoms with Gasteiger partial charge < -0.3 is 11.1 Å². The number of nitrogens with zero attached hydrogens (tertiary/aromatic N) is 1. The van der Waals surface area contributed by atoms with Crippen LogP contribution in [0.2, 0.25) is 0 Å². The SMILES string of the molecule is CC1CCC(C(C(N)=O)N2CCNCC2)CC1. The highest BCUT2D eigenvalue weighted by Crippen LogP contribution is 2.32. The van der Waals surface area contributed by atoms with Crippen molar-refractivity contribution < 1.29 is 4.79 Å². The molecule has 1 atom stereocenters. The number of carbonyl (C=O) groups excluding carboxylic acids is 1. The van der Waals surface area contributed by atoms with E-state index in [4.69, 9.17) is 5.73 Å². The maximum atomic E-state index is 11.7. The summed E-state index contributed by atoms with van der Waals surface area (Å²) in [6, 6.07) is -0.0235. The molecule has 0 aromatic rings. The Morgan fingerprint density at radius 1 is 1.24 bits per heavy atom. The number of nitrogens with one attached hydrogen (secondary N) is 1. The number of carbonyl (C=O) groups is 1. The van der Waals surface area contributed by atoms with Gasteiger partial charge in [0.25, 0.3) is 0 Å².